The van der Waals surface area contributed by atoms with Crippen molar-refractivity contribution in [1.29, 1.82) is 0 Å². The molecule has 1 fully saturated rings. The Morgan fingerprint density at radius 2 is 1.96 bits per heavy atom. The third-order valence-corrected chi connectivity index (χ3v) is 4.51. The molecule has 7 heteroatoms. The second kappa shape index (κ2) is 8.14. The fourth-order valence-corrected chi connectivity index (χ4v) is 2.97. The van der Waals surface area contributed by atoms with Crippen molar-refractivity contribution < 1.29 is 9.53 Å². The molecule has 1 N–H and O–H groups in total. The first-order chi connectivity index (χ1) is 12.6. The van der Waals surface area contributed by atoms with E-state index < -0.39 is 0 Å². The first kappa shape index (κ1) is 18.1. The Morgan fingerprint density at radius 1 is 1.19 bits per heavy atom. The maximum Gasteiger partial charge on any atom is 0.274 e. The van der Waals surface area contributed by atoms with Gasteiger partial charge in [0, 0.05) is 43.6 Å². The van der Waals surface area contributed by atoms with Crippen molar-refractivity contribution in [2.75, 3.05) is 50.1 Å². The number of carbonyl (C=O) groups is 1. The van der Waals surface area contributed by atoms with Crippen LogP contribution in [0.25, 0.3) is 0 Å². The molecular formula is C19H25N5O2. The fraction of sp³-hybridized carbons (Fsp3) is 0.421. The third kappa shape index (κ3) is 4.29. The van der Waals surface area contributed by atoms with Crippen LogP contribution in [0.3, 0.4) is 0 Å². The number of piperazine rings is 1. The molecule has 138 valence electrons. The monoisotopic (exact) mass is 355 g/mol. The number of rotatable bonds is 5. The van der Waals surface area contributed by atoms with Crippen LogP contribution in [0.4, 0.5) is 11.6 Å². The number of aryl methyl sites for hydroxylation is 1. The predicted octanol–water partition coefficient (Wildman–Crippen LogP) is 2.19. The Hall–Kier alpha value is -2.67. The summed E-state index contributed by atoms with van der Waals surface area (Å²) >= 11 is 0. The van der Waals surface area contributed by atoms with Crippen molar-refractivity contribution in [3.63, 3.8) is 0 Å². The number of hydrogen-bond donors (Lipinski definition) is 1. The van der Waals surface area contributed by atoms with Gasteiger partial charge in [0.2, 0.25) is 5.95 Å². The van der Waals surface area contributed by atoms with E-state index in [1.165, 1.54) is 0 Å². The predicted molar refractivity (Wildman–Crippen MR) is 102 cm³/mol. The van der Waals surface area contributed by atoms with Crippen molar-refractivity contribution in [3.8, 4) is 5.75 Å². The van der Waals surface area contributed by atoms with Gasteiger partial charge in [-0.3, -0.25) is 4.79 Å². The van der Waals surface area contributed by atoms with Gasteiger partial charge in [-0.25, -0.2) is 9.97 Å². The van der Waals surface area contributed by atoms with Gasteiger partial charge in [-0.1, -0.05) is 13.0 Å². The van der Waals surface area contributed by atoms with E-state index in [-0.39, 0.29) is 5.91 Å². The van der Waals surface area contributed by atoms with Crippen molar-refractivity contribution in [3.05, 3.63) is 41.7 Å². The van der Waals surface area contributed by atoms with Gasteiger partial charge in [-0.2, -0.15) is 0 Å². The second-order valence-electron chi connectivity index (χ2n) is 6.30. The Kier molecular flexibility index (Phi) is 5.68. The molecule has 0 saturated carbocycles. The minimum absolute atomic E-state index is 0.253. The summed E-state index contributed by atoms with van der Waals surface area (Å²) in [6.45, 7) is 8.81. The van der Waals surface area contributed by atoms with Crippen LogP contribution in [0, 0.1) is 6.92 Å². The smallest absolute Gasteiger partial charge is 0.274 e. The van der Waals surface area contributed by atoms with Crippen LogP contribution in [-0.4, -0.2) is 60.6 Å². The molecule has 2 heterocycles. The lowest BCUT2D eigenvalue weighted by molar-refractivity contribution is 0.102. The minimum Gasteiger partial charge on any atom is -0.497 e. The van der Waals surface area contributed by atoms with E-state index in [0.29, 0.717) is 23.1 Å². The van der Waals surface area contributed by atoms with Crippen LogP contribution in [0.2, 0.25) is 0 Å². The summed E-state index contributed by atoms with van der Waals surface area (Å²) in [5.41, 5.74) is 1.82. The minimum atomic E-state index is -0.253. The molecular weight excluding hydrogens is 330 g/mol. The van der Waals surface area contributed by atoms with Crippen molar-refractivity contribution in [2.45, 2.75) is 13.8 Å². The van der Waals surface area contributed by atoms with E-state index >= 15 is 0 Å². The number of nitrogens with zero attached hydrogens (tertiary/aromatic N) is 4. The maximum atomic E-state index is 12.6. The van der Waals surface area contributed by atoms with Crippen molar-refractivity contribution >= 4 is 17.5 Å². The highest BCUT2D eigenvalue weighted by molar-refractivity contribution is 6.03. The van der Waals surface area contributed by atoms with E-state index in [1.54, 1.807) is 19.2 Å². The van der Waals surface area contributed by atoms with Gasteiger partial charge in [0.15, 0.2) is 0 Å². The second-order valence-corrected chi connectivity index (χ2v) is 6.30. The summed E-state index contributed by atoms with van der Waals surface area (Å²) in [7, 11) is 1.60. The van der Waals surface area contributed by atoms with E-state index in [2.05, 4.69) is 32.0 Å². The Balaban J connectivity index is 1.75. The number of aromatic nitrogens is 2. The van der Waals surface area contributed by atoms with Crippen LogP contribution in [0.5, 0.6) is 5.75 Å². The topological polar surface area (TPSA) is 70.6 Å². The van der Waals surface area contributed by atoms with Crippen LogP contribution in [0.15, 0.2) is 30.3 Å². The lowest BCUT2D eigenvalue weighted by Crippen LogP contribution is -2.47. The number of nitrogens with one attached hydrogen (secondary N) is 1. The lowest BCUT2D eigenvalue weighted by Gasteiger charge is -2.34. The molecule has 26 heavy (non-hydrogen) atoms. The molecule has 3 rings (SSSR count). The number of carbonyl (C=O) groups excluding carboxylic acids is 1. The standard InChI is InChI=1S/C19H25N5O2/c1-4-23-8-10-24(11-9-23)19-20-14(2)12-17(22-19)18(25)21-15-6-5-7-16(13-15)26-3/h5-7,12-13H,4,8-11H2,1-3H3,(H,21,25). The van der Waals surface area contributed by atoms with Gasteiger partial charge in [0.1, 0.15) is 11.4 Å². The van der Waals surface area contributed by atoms with Crippen LogP contribution < -0.4 is 15.0 Å². The summed E-state index contributed by atoms with van der Waals surface area (Å²) in [6.07, 6.45) is 0. The normalized spacial score (nSPS) is 15.0. The molecule has 0 aliphatic carbocycles. The number of hydrogen-bond acceptors (Lipinski definition) is 6. The molecule has 0 radical (unpaired) electrons. The first-order valence-electron chi connectivity index (χ1n) is 8.87. The van der Waals surface area contributed by atoms with E-state index in [9.17, 15) is 4.79 Å². The van der Waals surface area contributed by atoms with Gasteiger partial charge >= 0.3 is 0 Å². The van der Waals surface area contributed by atoms with Crippen LogP contribution in [-0.2, 0) is 0 Å². The zero-order valence-electron chi connectivity index (χ0n) is 15.5. The number of methoxy groups -OCH3 is 1. The highest BCUT2D eigenvalue weighted by atomic mass is 16.5. The van der Waals surface area contributed by atoms with Crippen LogP contribution in [0.1, 0.15) is 23.1 Å². The fourth-order valence-electron chi connectivity index (χ4n) is 2.97. The molecule has 2 aromatic rings. The average Bonchev–Trinajstić information content (AvgIpc) is 2.67. The van der Waals surface area contributed by atoms with Crippen molar-refractivity contribution in [2.24, 2.45) is 0 Å². The molecule has 1 saturated heterocycles. The molecule has 1 amide bonds. The van der Waals surface area contributed by atoms with Gasteiger partial charge in [0.25, 0.3) is 5.91 Å². The molecule has 7 nitrogen and oxygen atoms in total. The molecule has 1 aromatic carbocycles. The first-order valence-corrected chi connectivity index (χ1v) is 8.87. The average molecular weight is 355 g/mol. The highest BCUT2D eigenvalue weighted by Gasteiger charge is 2.20. The Morgan fingerprint density at radius 3 is 2.65 bits per heavy atom. The quantitative estimate of drug-likeness (QED) is 0.887. The number of anilines is 2. The zero-order valence-corrected chi connectivity index (χ0v) is 15.5. The molecule has 1 aliphatic rings. The maximum absolute atomic E-state index is 12.6. The number of likely N-dealkylation sites (N-methyl/N-ethyl adjacent to an activating group) is 1. The van der Waals surface area contributed by atoms with Crippen molar-refractivity contribution in [1.82, 2.24) is 14.9 Å². The number of amides is 1. The number of ether oxygens (including phenoxy) is 1. The largest absolute Gasteiger partial charge is 0.497 e. The summed E-state index contributed by atoms with van der Waals surface area (Å²) in [5.74, 6) is 1.06. The van der Waals surface area contributed by atoms with Gasteiger partial charge < -0.3 is 19.9 Å². The summed E-state index contributed by atoms with van der Waals surface area (Å²) < 4.78 is 5.19. The lowest BCUT2D eigenvalue weighted by atomic mass is 10.2. The van der Waals surface area contributed by atoms with E-state index in [1.807, 2.05) is 25.1 Å². The summed E-state index contributed by atoms with van der Waals surface area (Å²) in [5, 5.41) is 2.87. The Labute approximate surface area is 154 Å². The molecule has 0 atom stereocenters. The van der Waals surface area contributed by atoms with E-state index in [0.717, 1.165) is 38.4 Å². The van der Waals surface area contributed by atoms with Gasteiger partial charge in [0.05, 0.1) is 7.11 Å². The zero-order chi connectivity index (χ0) is 18.5. The molecule has 1 aliphatic heterocycles. The van der Waals surface area contributed by atoms with Crippen LogP contribution >= 0.6 is 0 Å². The molecule has 0 unspecified atom stereocenters. The highest BCUT2D eigenvalue weighted by Crippen LogP contribution is 2.18. The third-order valence-electron chi connectivity index (χ3n) is 4.51. The van der Waals surface area contributed by atoms with Gasteiger partial charge in [-0.15, -0.1) is 0 Å². The summed E-state index contributed by atoms with van der Waals surface area (Å²) in [4.78, 5) is 26.2. The molecule has 0 spiro atoms. The SMILES string of the molecule is CCN1CCN(c2nc(C)cc(C(=O)Nc3cccc(OC)c3)n2)CC1. The van der Waals surface area contributed by atoms with E-state index in [4.69, 9.17) is 4.74 Å². The summed E-state index contributed by atoms with van der Waals surface area (Å²) in [6, 6.07) is 8.97. The molecule has 1 aromatic heterocycles. The molecule has 0 bridgehead atoms. The number of benzene rings is 1. The Bertz CT molecular complexity index is 772. The van der Waals surface area contributed by atoms with Gasteiger partial charge in [-0.05, 0) is 31.7 Å².